The third-order valence-electron chi connectivity index (χ3n) is 3.99. The highest BCUT2D eigenvalue weighted by Crippen LogP contribution is 2.19. The lowest BCUT2D eigenvalue weighted by Crippen LogP contribution is -2.49. The van der Waals surface area contributed by atoms with Gasteiger partial charge in [0.25, 0.3) is 0 Å². The lowest BCUT2D eigenvalue weighted by Gasteiger charge is -2.30. The summed E-state index contributed by atoms with van der Waals surface area (Å²) in [6.45, 7) is 1.65. The molecule has 116 valence electrons. The molecule has 1 aromatic heterocycles. The van der Waals surface area contributed by atoms with Gasteiger partial charge in [0.15, 0.2) is 0 Å². The Morgan fingerprint density at radius 1 is 1.27 bits per heavy atom. The number of aliphatic hydroxyl groups is 1. The summed E-state index contributed by atoms with van der Waals surface area (Å²) >= 11 is 1.63. The molecule has 2 N–H and O–H groups in total. The minimum Gasteiger partial charge on any atom is -0.395 e. The van der Waals surface area contributed by atoms with Gasteiger partial charge in [0.2, 0.25) is 5.91 Å². The monoisotopic (exact) mass is 316 g/mol. The molecule has 0 unspecified atom stereocenters. The fraction of sp³-hybridized carbons (Fsp3) is 0.353. The van der Waals surface area contributed by atoms with Gasteiger partial charge in [-0.15, -0.1) is 11.3 Å². The number of rotatable bonds is 5. The van der Waals surface area contributed by atoms with Crippen LogP contribution in [0, 0.1) is 0 Å². The first-order valence-corrected chi connectivity index (χ1v) is 8.38. The maximum absolute atomic E-state index is 12.8. The van der Waals surface area contributed by atoms with Gasteiger partial charge in [0.05, 0.1) is 19.2 Å². The van der Waals surface area contributed by atoms with Crippen molar-refractivity contribution < 1.29 is 9.90 Å². The zero-order chi connectivity index (χ0) is 15.4. The number of benzene rings is 1. The Kier molecular flexibility index (Phi) is 4.87. The largest absolute Gasteiger partial charge is 0.395 e. The summed E-state index contributed by atoms with van der Waals surface area (Å²) in [5.74, 6) is 0.0666. The molecule has 1 aliphatic rings. The van der Waals surface area contributed by atoms with Crippen molar-refractivity contribution in [1.82, 2.24) is 10.2 Å². The molecule has 4 nitrogen and oxygen atoms in total. The number of nitrogens with zero attached hydrogens (tertiary/aromatic N) is 1. The molecule has 2 heterocycles. The average Bonchev–Trinajstić information content (AvgIpc) is 3.06. The highest BCUT2D eigenvalue weighted by Gasteiger charge is 2.27. The van der Waals surface area contributed by atoms with E-state index in [1.54, 1.807) is 16.2 Å². The normalized spacial score (nSPS) is 17.0. The Balaban J connectivity index is 1.71. The molecule has 5 heteroatoms. The molecular formula is C17H20N2O2S. The molecule has 0 radical (unpaired) electrons. The van der Waals surface area contributed by atoms with Crippen LogP contribution < -0.4 is 5.32 Å². The fourth-order valence-corrected chi connectivity index (χ4v) is 3.55. The van der Waals surface area contributed by atoms with Gasteiger partial charge in [0.1, 0.15) is 0 Å². The molecule has 1 aliphatic heterocycles. The Morgan fingerprint density at radius 2 is 2.09 bits per heavy atom. The SMILES string of the molecule is O=C([C@H]1Cc2ccccc2CN1)N(CCO)Cc1cccs1. The van der Waals surface area contributed by atoms with Crippen molar-refractivity contribution in [2.24, 2.45) is 0 Å². The molecule has 1 atom stereocenters. The summed E-state index contributed by atoms with van der Waals surface area (Å²) in [7, 11) is 0. The van der Waals surface area contributed by atoms with E-state index in [0.29, 0.717) is 19.5 Å². The van der Waals surface area contributed by atoms with Crippen LogP contribution in [0.5, 0.6) is 0 Å². The average molecular weight is 316 g/mol. The van der Waals surface area contributed by atoms with E-state index < -0.39 is 0 Å². The second kappa shape index (κ2) is 7.05. The van der Waals surface area contributed by atoms with Crippen LogP contribution in [0.1, 0.15) is 16.0 Å². The molecule has 0 saturated carbocycles. The molecule has 1 aromatic carbocycles. The number of fused-ring (bicyclic) bond motifs is 1. The number of aliphatic hydroxyl groups excluding tert-OH is 1. The number of amides is 1. The quantitative estimate of drug-likeness (QED) is 0.884. The third-order valence-corrected chi connectivity index (χ3v) is 4.85. The van der Waals surface area contributed by atoms with Gasteiger partial charge in [-0.25, -0.2) is 0 Å². The van der Waals surface area contributed by atoms with Crippen LogP contribution in [0.15, 0.2) is 41.8 Å². The van der Waals surface area contributed by atoms with Crippen LogP contribution in [0.3, 0.4) is 0 Å². The van der Waals surface area contributed by atoms with Gasteiger partial charge in [-0.05, 0) is 29.0 Å². The van der Waals surface area contributed by atoms with E-state index in [1.807, 2.05) is 29.6 Å². The van der Waals surface area contributed by atoms with Crippen molar-refractivity contribution in [2.75, 3.05) is 13.2 Å². The maximum Gasteiger partial charge on any atom is 0.240 e. The van der Waals surface area contributed by atoms with Crippen LogP contribution in [0.4, 0.5) is 0 Å². The summed E-state index contributed by atoms with van der Waals surface area (Å²) < 4.78 is 0. The van der Waals surface area contributed by atoms with Gasteiger partial charge in [-0.3, -0.25) is 4.79 Å². The van der Waals surface area contributed by atoms with Crippen molar-refractivity contribution in [3.05, 3.63) is 57.8 Å². The predicted molar refractivity (Wildman–Crippen MR) is 87.6 cm³/mol. The van der Waals surface area contributed by atoms with E-state index in [-0.39, 0.29) is 18.6 Å². The lowest BCUT2D eigenvalue weighted by atomic mass is 9.95. The summed E-state index contributed by atoms with van der Waals surface area (Å²) in [4.78, 5) is 15.7. The van der Waals surface area contributed by atoms with Crippen LogP contribution in [-0.2, 0) is 24.3 Å². The summed E-state index contributed by atoms with van der Waals surface area (Å²) in [6.07, 6.45) is 0.710. The summed E-state index contributed by atoms with van der Waals surface area (Å²) in [5, 5.41) is 14.6. The van der Waals surface area contributed by atoms with Crippen LogP contribution in [0.25, 0.3) is 0 Å². The molecule has 0 aliphatic carbocycles. The number of hydrogen-bond donors (Lipinski definition) is 2. The van der Waals surface area contributed by atoms with Crippen molar-refractivity contribution in [3.8, 4) is 0 Å². The van der Waals surface area contributed by atoms with Crippen LogP contribution in [-0.4, -0.2) is 35.1 Å². The summed E-state index contributed by atoms with van der Waals surface area (Å²) in [6, 6.07) is 12.0. The second-order valence-corrected chi connectivity index (χ2v) is 6.50. The van der Waals surface area contributed by atoms with Crippen molar-refractivity contribution in [3.63, 3.8) is 0 Å². The molecule has 1 amide bonds. The standard InChI is InChI=1S/C17H20N2O2S/c20-8-7-19(12-15-6-3-9-22-15)17(21)16-10-13-4-1-2-5-14(13)11-18-16/h1-6,9,16,18,20H,7-8,10-12H2/t16-/m1/s1. The predicted octanol–water partition coefficient (Wildman–Crippen LogP) is 1.78. The molecule has 3 rings (SSSR count). The van der Waals surface area contributed by atoms with Gasteiger partial charge in [0, 0.05) is 18.0 Å². The van der Waals surface area contributed by atoms with E-state index in [2.05, 4.69) is 17.4 Å². The first-order valence-electron chi connectivity index (χ1n) is 7.50. The maximum atomic E-state index is 12.8. The Morgan fingerprint density at radius 3 is 2.82 bits per heavy atom. The van der Waals surface area contributed by atoms with Crippen LogP contribution in [0.2, 0.25) is 0 Å². The van der Waals surface area contributed by atoms with E-state index in [1.165, 1.54) is 11.1 Å². The lowest BCUT2D eigenvalue weighted by molar-refractivity contribution is -0.134. The van der Waals surface area contributed by atoms with E-state index in [4.69, 9.17) is 0 Å². The number of thiophene rings is 1. The van der Waals surface area contributed by atoms with Gasteiger partial charge in [-0.2, -0.15) is 0 Å². The first-order chi connectivity index (χ1) is 10.8. The zero-order valence-electron chi connectivity index (χ0n) is 12.4. The van der Waals surface area contributed by atoms with Gasteiger partial charge in [-0.1, -0.05) is 30.3 Å². The smallest absolute Gasteiger partial charge is 0.240 e. The molecule has 2 aromatic rings. The first kappa shape index (κ1) is 15.2. The third kappa shape index (κ3) is 3.38. The second-order valence-electron chi connectivity index (χ2n) is 5.47. The Labute approximate surface area is 134 Å². The number of nitrogens with one attached hydrogen (secondary N) is 1. The van der Waals surface area contributed by atoms with E-state index >= 15 is 0 Å². The molecule has 22 heavy (non-hydrogen) atoms. The van der Waals surface area contributed by atoms with E-state index in [0.717, 1.165) is 11.4 Å². The fourth-order valence-electron chi connectivity index (χ4n) is 2.83. The molecule has 0 spiro atoms. The molecule has 0 bridgehead atoms. The number of carbonyl (C=O) groups excluding carboxylic acids is 1. The summed E-state index contributed by atoms with van der Waals surface area (Å²) in [5.41, 5.74) is 2.50. The topological polar surface area (TPSA) is 52.6 Å². The Hall–Kier alpha value is -1.69. The highest BCUT2D eigenvalue weighted by molar-refractivity contribution is 7.09. The van der Waals surface area contributed by atoms with Crippen molar-refractivity contribution in [1.29, 1.82) is 0 Å². The highest BCUT2D eigenvalue weighted by atomic mass is 32.1. The van der Waals surface area contributed by atoms with Crippen molar-refractivity contribution in [2.45, 2.75) is 25.6 Å². The minimum atomic E-state index is -0.207. The molecule has 0 fully saturated rings. The van der Waals surface area contributed by atoms with Gasteiger partial charge >= 0.3 is 0 Å². The zero-order valence-corrected chi connectivity index (χ0v) is 13.2. The molecular weight excluding hydrogens is 296 g/mol. The van der Waals surface area contributed by atoms with Crippen LogP contribution >= 0.6 is 11.3 Å². The number of carbonyl (C=O) groups is 1. The number of hydrogen-bond acceptors (Lipinski definition) is 4. The van der Waals surface area contributed by atoms with E-state index in [9.17, 15) is 9.90 Å². The Bertz CT molecular complexity index is 627. The van der Waals surface area contributed by atoms with Gasteiger partial charge < -0.3 is 15.3 Å². The van der Waals surface area contributed by atoms with Crippen molar-refractivity contribution >= 4 is 17.2 Å². The minimum absolute atomic E-state index is 0.0135. The molecule has 0 saturated heterocycles.